The van der Waals surface area contributed by atoms with E-state index >= 15 is 0 Å². The third kappa shape index (κ3) is 7.30. The maximum atomic E-state index is 11.9. The first-order chi connectivity index (χ1) is 21.1. The number of halogens is 2. The Morgan fingerprint density at radius 1 is 1.11 bits per heavy atom. The fourth-order valence-electron chi connectivity index (χ4n) is 4.83. The summed E-state index contributed by atoms with van der Waals surface area (Å²) in [7, 11) is 0. The molecule has 1 fully saturated rings. The van der Waals surface area contributed by atoms with Crippen molar-refractivity contribution >= 4 is 46.5 Å². The van der Waals surface area contributed by atoms with Crippen molar-refractivity contribution in [1.82, 2.24) is 19.5 Å². The van der Waals surface area contributed by atoms with E-state index in [1.54, 1.807) is 30.3 Å². The second kappa shape index (κ2) is 14.5. The summed E-state index contributed by atoms with van der Waals surface area (Å²) >= 11 is 12.4. The van der Waals surface area contributed by atoms with Crippen molar-refractivity contribution in [3.63, 3.8) is 0 Å². The molecule has 3 heterocycles. The van der Waals surface area contributed by atoms with E-state index in [0.717, 1.165) is 11.1 Å². The highest BCUT2D eigenvalue weighted by Crippen LogP contribution is 2.39. The van der Waals surface area contributed by atoms with Crippen LogP contribution in [0.25, 0.3) is 11.2 Å². The van der Waals surface area contributed by atoms with Crippen LogP contribution >= 0.6 is 23.2 Å². The lowest BCUT2D eigenvalue weighted by Crippen LogP contribution is -2.48. The normalized spacial score (nSPS) is 21.6. The van der Waals surface area contributed by atoms with Crippen LogP contribution in [0.1, 0.15) is 23.0 Å². The van der Waals surface area contributed by atoms with Gasteiger partial charge in [0.1, 0.15) is 17.7 Å². The molecule has 14 heteroatoms. The van der Waals surface area contributed by atoms with Gasteiger partial charge in [0.25, 0.3) is 0 Å². The van der Waals surface area contributed by atoms with Gasteiger partial charge in [-0.1, -0.05) is 60.0 Å². The summed E-state index contributed by atoms with van der Waals surface area (Å²) in [6.45, 7) is -0.398. The summed E-state index contributed by atoms with van der Waals surface area (Å²) in [6, 6.07) is 16.4. The van der Waals surface area contributed by atoms with E-state index < -0.39 is 42.7 Å². The van der Waals surface area contributed by atoms with Gasteiger partial charge in [-0.3, -0.25) is 4.57 Å². The van der Waals surface area contributed by atoms with E-state index in [1.807, 2.05) is 24.3 Å². The average Bonchev–Trinajstić information content (AvgIpc) is 3.53. The van der Waals surface area contributed by atoms with E-state index in [-0.39, 0.29) is 23.5 Å². The molecule has 2 aromatic heterocycles. The molecule has 44 heavy (non-hydrogen) atoms. The molecule has 0 aliphatic carbocycles. The molecule has 3 N–H and O–H groups in total. The second-order valence-electron chi connectivity index (χ2n) is 9.76. The number of benzene rings is 2. The Bertz CT molecular complexity index is 1690. The molecule has 5 atom stereocenters. The van der Waals surface area contributed by atoms with Crippen molar-refractivity contribution in [2.45, 2.75) is 49.4 Å². The average molecular weight is 641 g/mol. The quantitative estimate of drug-likeness (QED) is 0.172. The molecule has 1 unspecified atom stereocenters. The van der Waals surface area contributed by atoms with E-state index in [0.29, 0.717) is 29.1 Å². The molecule has 4 aromatic rings. The minimum Gasteiger partial charge on any atom is -0.479 e. The molecular weight excluding hydrogens is 615 g/mol. The fourth-order valence-corrected chi connectivity index (χ4v) is 5.22. The number of terminal acetylenes is 1. The van der Waals surface area contributed by atoms with Gasteiger partial charge in [0.05, 0.1) is 18.6 Å². The number of carbonyl (C=O) groups excluding carboxylic acids is 2. The maximum Gasteiger partial charge on any atom is 0.373 e. The van der Waals surface area contributed by atoms with Gasteiger partial charge in [0, 0.05) is 11.4 Å². The number of aryl methyl sites for hydroxylation is 2. The lowest BCUT2D eigenvalue weighted by atomic mass is 9.93. The van der Waals surface area contributed by atoms with Gasteiger partial charge in [-0.15, -0.1) is 6.42 Å². The molecule has 2 aromatic carbocycles. The first-order valence-corrected chi connectivity index (χ1v) is 13.9. The van der Waals surface area contributed by atoms with Crippen LogP contribution in [0.15, 0.2) is 60.9 Å². The Labute approximate surface area is 261 Å². The van der Waals surface area contributed by atoms with Gasteiger partial charge >= 0.3 is 12.1 Å². The topological polar surface area (TPSA) is 174 Å². The van der Waals surface area contributed by atoms with Crippen LogP contribution in [-0.2, 0) is 43.1 Å². The monoisotopic (exact) mass is 640 g/mol. The number of carbonyl (C=O) groups is 1. The molecule has 5 rings (SSSR count). The van der Waals surface area contributed by atoms with Crippen LogP contribution in [0, 0.1) is 12.3 Å². The lowest BCUT2D eigenvalue weighted by Gasteiger charge is -2.26. The van der Waals surface area contributed by atoms with Gasteiger partial charge in [-0.2, -0.15) is 14.6 Å². The number of rotatable bonds is 10. The first-order valence-electron chi connectivity index (χ1n) is 13.2. The van der Waals surface area contributed by atoms with Crippen LogP contribution in [0.2, 0.25) is 10.3 Å². The zero-order chi connectivity index (χ0) is 31.9. The largest absolute Gasteiger partial charge is 0.479 e. The molecule has 12 nitrogen and oxygen atoms in total. The van der Waals surface area contributed by atoms with Crippen molar-refractivity contribution in [3.8, 4) is 12.3 Å². The summed E-state index contributed by atoms with van der Waals surface area (Å²) in [5, 5.41) is 32.6. The zero-order valence-corrected chi connectivity index (χ0v) is 24.4. The van der Waals surface area contributed by atoms with Crippen LogP contribution in [-0.4, -0.2) is 77.5 Å². The Kier molecular flexibility index (Phi) is 10.8. The lowest BCUT2D eigenvalue weighted by molar-refractivity contribution is -0.191. The van der Waals surface area contributed by atoms with E-state index in [9.17, 15) is 20.1 Å². The van der Waals surface area contributed by atoms with Gasteiger partial charge in [-0.25, -0.2) is 14.8 Å². The van der Waals surface area contributed by atoms with E-state index in [4.69, 9.17) is 48.7 Å². The molecule has 1 saturated heterocycles. The summed E-state index contributed by atoms with van der Waals surface area (Å²) in [6.07, 6.45) is 3.10. The number of imidazole rings is 1. The predicted molar refractivity (Wildman–Crippen MR) is 155 cm³/mol. The van der Waals surface area contributed by atoms with Gasteiger partial charge in [0.15, 0.2) is 23.6 Å². The van der Waals surface area contributed by atoms with Crippen molar-refractivity contribution < 1.29 is 39.2 Å². The minimum absolute atomic E-state index is 0.0369. The number of nitrogens with zero attached hydrogens (tertiary/aromatic N) is 4. The third-order valence-corrected chi connectivity index (χ3v) is 7.42. The summed E-state index contributed by atoms with van der Waals surface area (Å²) in [4.78, 5) is 41.2. The Balaban J connectivity index is 0.00000141. The van der Waals surface area contributed by atoms with Crippen molar-refractivity contribution in [2.75, 3.05) is 6.61 Å². The fraction of sp³-hybridized carbons (Fsp3) is 0.300. The third-order valence-electron chi connectivity index (χ3n) is 7.01. The number of hydrogen-bond donors (Lipinski definition) is 3. The molecular formula is C30H26Cl2N4O8. The van der Waals surface area contributed by atoms with Crippen molar-refractivity contribution in [3.05, 3.63) is 88.1 Å². The Morgan fingerprint density at radius 3 is 2.48 bits per heavy atom. The summed E-state index contributed by atoms with van der Waals surface area (Å²) < 4.78 is 13.0. The first kappa shape index (κ1) is 32.7. The number of ether oxygens (including phenoxy) is 2. The summed E-state index contributed by atoms with van der Waals surface area (Å²) in [5.41, 5.74) is 0.841. The smallest absolute Gasteiger partial charge is 0.373 e. The van der Waals surface area contributed by atoms with Gasteiger partial charge in [0.2, 0.25) is 5.28 Å². The Morgan fingerprint density at radius 2 is 1.82 bits per heavy atom. The molecule has 0 radical (unpaired) electrons. The van der Waals surface area contributed by atoms with Gasteiger partial charge < -0.3 is 24.8 Å². The van der Waals surface area contributed by atoms with Crippen molar-refractivity contribution in [1.29, 1.82) is 0 Å². The van der Waals surface area contributed by atoms with Crippen LogP contribution in [0.5, 0.6) is 0 Å². The molecule has 0 spiro atoms. The minimum atomic E-state index is -2.19. The zero-order valence-electron chi connectivity index (χ0n) is 22.9. The number of aliphatic carboxylic acids is 1. The maximum absolute atomic E-state index is 11.9. The molecule has 0 amide bonds. The molecule has 0 saturated carbocycles. The van der Waals surface area contributed by atoms with Crippen molar-refractivity contribution in [2.24, 2.45) is 0 Å². The SMILES string of the molecule is C#C[C@@]1(O)[C@@H](COC(Cc2ccccc2)C(=O)O)O[C@@H](n2cnc3c(CCc4cccc(Cl)c4)nc(Cl)nc32)[C@@H]1O.O=C=O. The number of carboxylic acid groups (broad SMARTS) is 1. The number of aromatic nitrogens is 4. The predicted octanol–water partition coefficient (Wildman–Crippen LogP) is 2.67. The number of fused-ring (bicyclic) bond motifs is 1. The molecule has 228 valence electrons. The number of carboxylic acids is 1. The highest BCUT2D eigenvalue weighted by atomic mass is 35.5. The number of aliphatic hydroxyl groups excluding tert-OH is 1. The molecule has 1 aliphatic rings. The second-order valence-corrected chi connectivity index (χ2v) is 10.5. The highest BCUT2D eigenvalue weighted by Gasteiger charge is 2.56. The highest BCUT2D eigenvalue weighted by molar-refractivity contribution is 6.30. The van der Waals surface area contributed by atoms with Gasteiger partial charge in [-0.05, 0) is 47.7 Å². The Hall–Kier alpha value is -4.18. The summed E-state index contributed by atoms with van der Waals surface area (Å²) in [5.74, 6) is 1.01. The number of hydrogen-bond acceptors (Lipinski definition) is 10. The number of aliphatic hydroxyl groups is 2. The molecule has 1 aliphatic heterocycles. The van der Waals surface area contributed by atoms with E-state index in [1.165, 1.54) is 10.9 Å². The van der Waals surface area contributed by atoms with Crippen LogP contribution in [0.3, 0.4) is 0 Å². The van der Waals surface area contributed by atoms with Crippen LogP contribution < -0.4 is 0 Å². The van der Waals surface area contributed by atoms with Crippen LogP contribution in [0.4, 0.5) is 0 Å². The van der Waals surface area contributed by atoms with E-state index in [2.05, 4.69) is 20.9 Å². The molecule has 0 bridgehead atoms. The standard InChI is InChI=1S/C29H26Cl2N4O6.CO2/c1-2-29(39)22(15-40-21(27(37)38)14-17-7-4-3-5-8-17)41-26(24(29)36)35-16-32-23-20(33-28(31)34-25(23)35)12-11-18-9-6-10-19(30)13-18;2-1-3/h1,3-10,13,16,21-22,24,26,36,39H,11-12,14-15H2,(H,37,38);/t21?,22-,24+,26-,29-;/m1./s1.